The second kappa shape index (κ2) is 5.08. The number of hydrogen-bond donors (Lipinski definition) is 4. The number of aliphatic carboxylic acids is 1. The summed E-state index contributed by atoms with van der Waals surface area (Å²) in [6.45, 7) is -0.715. The molecule has 0 spiro atoms. The van der Waals surface area contributed by atoms with E-state index in [2.05, 4.69) is 10.3 Å². The first-order valence-electron chi connectivity index (χ1n) is 4.33. The number of carbonyl (C=O) groups excluding carboxylic acids is 1. The molecule has 0 bridgehead atoms. The van der Waals surface area contributed by atoms with Gasteiger partial charge in [0.1, 0.15) is 5.75 Å². The van der Waals surface area contributed by atoms with Crippen molar-refractivity contribution in [2.45, 2.75) is 6.04 Å². The quantitative estimate of drug-likeness (QED) is 0.520. The summed E-state index contributed by atoms with van der Waals surface area (Å²) in [6.07, 6.45) is 2.31. The number of carboxylic acid groups (broad SMARTS) is 1. The predicted molar refractivity (Wildman–Crippen MR) is 51.9 cm³/mol. The van der Waals surface area contributed by atoms with Crippen LogP contribution in [0.1, 0.15) is 10.4 Å². The average molecular weight is 226 g/mol. The molecule has 1 rings (SSSR count). The fourth-order valence-electron chi connectivity index (χ4n) is 0.979. The van der Waals surface area contributed by atoms with E-state index in [1.165, 1.54) is 6.20 Å². The molecule has 1 aromatic heterocycles. The molecule has 1 aromatic rings. The number of aromatic hydroxyl groups is 1. The Morgan fingerprint density at radius 1 is 1.44 bits per heavy atom. The highest BCUT2D eigenvalue weighted by Crippen LogP contribution is 2.08. The van der Waals surface area contributed by atoms with Crippen molar-refractivity contribution in [2.24, 2.45) is 0 Å². The molecular weight excluding hydrogens is 216 g/mol. The zero-order chi connectivity index (χ0) is 12.1. The van der Waals surface area contributed by atoms with Crippen LogP contribution in [0.3, 0.4) is 0 Å². The summed E-state index contributed by atoms with van der Waals surface area (Å²) in [5.74, 6) is -2.28. The summed E-state index contributed by atoms with van der Waals surface area (Å²) in [5, 5.41) is 28.4. The Bertz CT molecular complexity index is 407. The third-order valence-corrected chi connectivity index (χ3v) is 1.77. The molecule has 0 fully saturated rings. The van der Waals surface area contributed by atoms with Crippen LogP contribution in [0.2, 0.25) is 0 Å². The summed E-state index contributed by atoms with van der Waals surface area (Å²) >= 11 is 0. The van der Waals surface area contributed by atoms with Crippen LogP contribution >= 0.6 is 0 Å². The topological polar surface area (TPSA) is 120 Å². The second-order valence-corrected chi connectivity index (χ2v) is 2.98. The van der Waals surface area contributed by atoms with Crippen LogP contribution in [0.5, 0.6) is 5.75 Å². The van der Waals surface area contributed by atoms with E-state index in [4.69, 9.17) is 15.3 Å². The SMILES string of the molecule is O=C(N[C@H](CO)C(=O)O)c1cncc(O)c1. The Kier molecular flexibility index (Phi) is 3.78. The van der Waals surface area contributed by atoms with Crippen LogP contribution in [-0.4, -0.2) is 44.8 Å². The van der Waals surface area contributed by atoms with Crippen LogP contribution in [0.15, 0.2) is 18.5 Å². The average Bonchev–Trinajstić information content (AvgIpc) is 2.25. The monoisotopic (exact) mass is 226 g/mol. The Hall–Kier alpha value is -2.15. The molecule has 16 heavy (non-hydrogen) atoms. The van der Waals surface area contributed by atoms with Crippen molar-refractivity contribution in [3.8, 4) is 5.75 Å². The third kappa shape index (κ3) is 2.92. The maximum absolute atomic E-state index is 11.4. The number of aliphatic hydroxyl groups is 1. The molecule has 0 saturated heterocycles. The smallest absolute Gasteiger partial charge is 0.328 e. The van der Waals surface area contributed by atoms with Crippen LogP contribution in [0.25, 0.3) is 0 Å². The lowest BCUT2D eigenvalue weighted by Crippen LogP contribution is -2.43. The Labute approximate surface area is 90.4 Å². The first-order valence-corrected chi connectivity index (χ1v) is 4.33. The minimum atomic E-state index is -1.38. The van der Waals surface area contributed by atoms with Gasteiger partial charge in [0.25, 0.3) is 5.91 Å². The number of rotatable bonds is 4. The van der Waals surface area contributed by atoms with E-state index in [9.17, 15) is 9.59 Å². The fourth-order valence-corrected chi connectivity index (χ4v) is 0.979. The van der Waals surface area contributed by atoms with Crippen LogP contribution < -0.4 is 5.32 Å². The van der Waals surface area contributed by atoms with Crippen LogP contribution in [0.4, 0.5) is 0 Å². The summed E-state index contributed by atoms with van der Waals surface area (Å²) in [5.41, 5.74) is 0.0136. The first kappa shape index (κ1) is 11.9. The number of pyridine rings is 1. The number of aromatic nitrogens is 1. The van der Waals surface area contributed by atoms with E-state index >= 15 is 0 Å². The summed E-state index contributed by atoms with van der Waals surface area (Å²) in [4.78, 5) is 25.5. The summed E-state index contributed by atoms with van der Waals surface area (Å²) < 4.78 is 0. The fraction of sp³-hybridized carbons (Fsp3) is 0.222. The standard InChI is InChI=1S/C9H10N2O5/c12-4-7(9(15)16)11-8(14)5-1-6(13)3-10-2-5/h1-3,7,12-13H,4H2,(H,11,14)(H,15,16)/t7-/m1/s1. The van der Waals surface area contributed by atoms with Crippen molar-refractivity contribution in [3.05, 3.63) is 24.0 Å². The molecule has 1 heterocycles. The Morgan fingerprint density at radius 3 is 2.62 bits per heavy atom. The Balaban J connectivity index is 2.75. The summed E-state index contributed by atoms with van der Waals surface area (Å²) in [7, 11) is 0. The molecule has 7 heteroatoms. The largest absolute Gasteiger partial charge is 0.506 e. The number of carbonyl (C=O) groups is 2. The lowest BCUT2D eigenvalue weighted by molar-refractivity contribution is -0.140. The molecule has 1 atom stereocenters. The molecule has 0 aliphatic heterocycles. The van der Waals surface area contributed by atoms with Gasteiger partial charge in [-0.25, -0.2) is 4.79 Å². The van der Waals surface area contributed by atoms with Gasteiger partial charge >= 0.3 is 5.97 Å². The first-order chi connectivity index (χ1) is 7.54. The molecule has 0 unspecified atom stereocenters. The maximum Gasteiger partial charge on any atom is 0.328 e. The van der Waals surface area contributed by atoms with Crippen molar-refractivity contribution in [1.82, 2.24) is 10.3 Å². The van der Waals surface area contributed by atoms with Crippen molar-refractivity contribution in [2.75, 3.05) is 6.61 Å². The van der Waals surface area contributed by atoms with Gasteiger partial charge in [0.2, 0.25) is 0 Å². The van der Waals surface area contributed by atoms with Crippen LogP contribution in [-0.2, 0) is 4.79 Å². The van der Waals surface area contributed by atoms with Crippen molar-refractivity contribution >= 4 is 11.9 Å². The van der Waals surface area contributed by atoms with Gasteiger partial charge in [0.15, 0.2) is 6.04 Å². The molecule has 4 N–H and O–H groups in total. The van der Waals surface area contributed by atoms with Gasteiger partial charge in [0.05, 0.1) is 18.4 Å². The van der Waals surface area contributed by atoms with Gasteiger partial charge in [0, 0.05) is 6.20 Å². The Morgan fingerprint density at radius 2 is 2.12 bits per heavy atom. The molecule has 0 saturated carbocycles. The van der Waals surface area contributed by atoms with Gasteiger partial charge in [-0.15, -0.1) is 0 Å². The van der Waals surface area contributed by atoms with Crippen molar-refractivity contribution in [3.63, 3.8) is 0 Å². The second-order valence-electron chi connectivity index (χ2n) is 2.98. The van der Waals surface area contributed by atoms with Gasteiger partial charge in [-0.2, -0.15) is 0 Å². The van der Waals surface area contributed by atoms with Gasteiger partial charge in [-0.3, -0.25) is 9.78 Å². The number of aliphatic hydroxyl groups excluding tert-OH is 1. The zero-order valence-corrected chi connectivity index (χ0v) is 8.12. The molecule has 7 nitrogen and oxygen atoms in total. The molecule has 0 radical (unpaired) electrons. The van der Waals surface area contributed by atoms with E-state index in [1.54, 1.807) is 0 Å². The van der Waals surface area contributed by atoms with Gasteiger partial charge < -0.3 is 20.6 Å². The highest BCUT2D eigenvalue weighted by atomic mass is 16.4. The predicted octanol–water partition coefficient (Wildman–Crippen LogP) is -1.04. The molecule has 0 aromatic carbocycles. The number of nitrogens with zero attached hydrogens (tertiary/aromatic N) is 1. The van der Waals surface area contributed by atoms with Crippen molar-refractivity contribution in [1.29, 1.82) is 0 Å². The highest BCUT2D eigenvalue weighted by Gasteiger charge is 2.19. The number of nitrogens with one attached hydrogen (secondary N) is 1. The van der Waals surface area contributed by atoms with E-state index in [0.717, 1.165) is 12.3 Å². The van der Waals surface area contributed by atoms with Crippen LogP contribution in [0, 0.1) is 0 Å². The van der Waals surface area contributed by atoms with E-state index in [1.807, 2.05) is 0 Å². The number of carboxylic acids is 1. The number of amides is 1. The van der Waals surface area contributed by atoms with Gasteiger partial charge in [-0.1, -0.05) is 0 Å². The third-order valence-electron chi connectivity index (χ3n) is 1.77. The molecule has 0 aliphatic carbocycles. The van der Waals surface area contributed by atoms with Gasteiger partial charge in [-0.05, 0) is 6.07 Å². The minimum absolute atomic E-state index is 0.0136. The lowest BCUT2D eigenvalue weighted by atomic mass is 10.2. The molecular formula is C9H10N2O5. The summed E-state index contributed by atoms with van der Waals surface area (Å²) in [6, 6.07) is -0.242. The zero-order valence-electron chi connectivity index (χ0n) is 8.12. The van der Waals surface area contributed by atoms with E-state index < -0.39 is 24.5 Å². The van der Waals surface area contributed by atoms with E-state index in [-0.39, 0.29) is 11.3 Å². The highest BCUT2D eigenvalue weighted by molar-refractivity contribution is 5.96. The van der Waals surface area contributed by atoms with E-state index in [0.29, 0.717) is 0 Å². The molecule has 1 amide bonds. The normalized spacial score (nSPS) is 11.8. The molecule has 0 aliphatic rings. The molecule has 86 valence electrons. The maximum atomic E-state index is 11.4. The lowest BCUT2D eigenvalue weighted by Gasteiger charge is -2.11. The van der Waals surface area contributed by atoms with Crippen molar-refractivity contribution < 1.29 is 24.9 Å². The number of hydrogen-bond acceptors (Lipinski definition) is 5. The minimum Gasteiger partial charge on any atom is -0.506 e.